The van der Waals surface area contributed by atoms with Crippen LogP contribution in [0, 0.1) is 6.92 Å². The van der Waals surface area contributed by atoms with Crippen molar-refractivity contribution in [2.75, 3.05) is 24.3 Å². The minimum atomic E-state index is -0.372. The van der Waals surface area contributed by atoms with E-state index >= 15 is 0 Å². The summed E-state index contributed by atoms with van der Waals surface area (Å²) in [4.78, 5) is 28.6. The normalized spacial score (nSPS) is 10.3. The Balaban J connectivity index is 1.44. The number of benzene rings is 2. The lowest BCUT2D eigenvalue weighted by Crippen LogP contribution is -2.27. The van der Waals surface area contributed by atoms with Gasteiger partial charge in [0.15, 0.2) is 5.13 Å². The van der Waals surface area contributed by atoms with E-state index in [2.05, 4.69) is 20.9 Å². The van der Waals surface area contributed by atoms with E-state index in [1.807, 2.05) is 55.5 Å². The number of nitrogens with one attached hydrogen (secondary N) is 3. The molecule has 0 fully saturated rings. The van der Waals surface area contributed by atoms with E-state index in [4.69, 9.17) is 4.74 Å². The first-order valence-corrected chi connectivity index (χ1v) is 10.4. The topological polar surface area (TPSA) is 92.4 Å². The zero-order chi connectivity index (χ0) is 21.3. The number of amides is 3. The van der Waals surface area contributed by atoms with Crippen LogP contribution in [0.15, 0.2) is 53.9 Å². The fraction of sp³-hybridized carbons (Fsp3) is 0.227. The van der Waals surface area contributed by atoms with Gasteiger partial charge in [-0.05, 0) is 42.7 Å². The lowest BCUT2D eigenvalue weighted by atomic mass is 10.1. The van der Waals surface area contributed by atoms with Crippen LogP contribution in [0.4, 0.5) is 15.6 Å². The van der Waals surface area contributed by atoms with Gasteiger partial charge in [-0.2, -0.15) is 0 Å². The van der Waals surface area contributed by atoms with Gasteiger partial charge in [0.1, 0.15) is 5.75 Å². The molecule has 0 saturated heterocycles. The molecule has 3 amide bonds. The van der Waals surface area contributed by atoms with Gasteiger partial charge in [0.05, 0.1) is 19.2 Å². The molecule has 0 aliphatic carbocycles. The van der Waals surface area contributed by atoms with Crippen LogP contribution in [-0.4, -0.2) is 30.6 Å². The number of methoxy groups -OCH3 is 1. The predicted octanol–water partition coefficient (Wildman–Crippen LogP) is 4.01. The second-order valence-corrected chi connectivity index (χ2v) is 7.54. The molecule has 0 spiro atoms. The third-order valence-electron chi connectivity index (χ3n) is 4.30. The Morgan fingerprint density at radius 2 is 1.93 bits per heavy atom. The maximum Gasteiger partial charge on any atom is 0.325 e. The van der Waals surface area contributed by atoms with Crippen molar-refractivity contribution in [3.05, 3.63) is 70.7 Å². The van der Waals surface area contributed by atoms with E-state index in [0.29, 0.717) is 29.5 Å². The summed E-state index contributed by atoms with van der Waals surface area (Å²) < 4.78 is 5.32. The first-order chi connectivity index (χ1) is 14.5. The number of aryl methyl sites for hydroxylation is 1. The third kappa shape index (κ3) is 6.31. The number of para-hydroxylation sites is 1. The zero-order valence-corrected chi connectivity index (χ0v) is 17.7. The van der Waals surface area contributed by atoms with E-state index in [0.717, 1.165) is 16.9 Å². The molecule has 1 heterocycles. The molecule has 1 aromatic heterocycles. The average Bonchev–Trinajstić information content (AvgIpc) is 3.14. The second-order valence-electron chi connectivity index (χ2n) is 6.68. The standard InChI is InChI=1S/C22H24N4O3S/c1-15-6-5-8-17(12-15)24-21(28)26-22-25-18(14-30-22)13-20(27)23-11-10-16-7-3-4-9-19(16)29-2/h3-9,12,14H,10-11,13H2,1-2H3,(H,23,27)(H2,24,25,26,28). The summed E-state index contributed by atoms with van der Waals surface area (Å²) in [7, 11) is 1.63. The van der Waals surface area contributed by atoms with Gasteiger partial charge in [0.25, 0.3) is 0 Å². The van der Waals surface area contributed by atoms with Gasteiger partial charge >= 0.3 is 6.03 Å². The molecule has 7 nitrogen and oxygen atoms in total. The fourth-order valence-electron chi connectivity index (χ4n) is 2.90. The number of rotatable bonds is 8. The monoisotopic (exact) mass is 424 g/mol. The van der Waals surface area contributed by atoms with Gasteiger partial charge in [-0.1, -0.05) is 30.3 Å². The Bertz CT molecular complexity index is 1020. The molecule has 0 unspecified atom stereocenters. The van der Waals surface area contributed by atoms with E-state index in [1.54, 1.807) is 12.5 Å². The molecule has 30 heavy (non-hydrogen) atoms. The summed E-state index contributed by atoms with van der Waals surface area (Å²) in [5.41, 5.74) is 3.42. The van der Waals surface area contributed by atoms with Crippen LogP contribution < -0.4 is 20.7 Å². The number of thiazole rings is 1. The van der Waals surface area contributed by atoms with E-state index < -0.39 is 0 Å². The minimum absolute atomic E-state index is 0.119. The number of urea groups is 1. The molecular formula is C22H24N4O3S. The smallest absolute Gasteiger partial charge is 0.325 e. The Morgan fingerprint density at radius 1 is 1.10 bits per heavy atom. The Labute approximate surface area is 179 Å². The number of carbonyl (C=O) groups is 2. The number of hydrogen-bond acceptors (Lipinski definition) is 5. The van der Waals surface area contributed by atoms with Crippen molar-refractivity contribution in [3.63, 3.8) is 0 Å². The van der Waals surface area contributed by atoms with Crippen molar-refractivity contribution in [1.29, 1.82) is 0 Å². The molecule has 0 radical (unpaired) electrons. The first-order valence-electron chi connectivity index (χ1n) is 9.51. The number of carbonyl (C=O) groups excluding carboxylic acids is 2. The highest BCUT2D eigenvalue weighted by atomic mass is 32.1. The number of ether oxygens (including phenoxy) is 1. The maximum absolute atomic E-state index is 12.2. The van der Waals surface area contributed by atoms with Crippen LogP contribution in [-0.2, 0) is 17.6 Å². The van der Waals surface area contributed by atoms with Crippen LogP contribution in [0.25, 0.3) is 0 Å². The minimum Gasteiger partial charge on any atom is -0.496 e. The highest BCUT2D eigenvalue weighted by Crippen LogP contribution is 2.18. The summed E-state index contributed by atoms with van der Waals surface area (Å²) in [6.45, 7) is 2.46. The van der Waals surface area contributed by atoms with E-state index in [-0.39, 0.29) is 18.4 Å². The molecule has 3 rings (SSSR count). The second kappa shape index (κ2) is 10.4. The number of nitrogens with zero attached hydrogens (tertiary/aromatic N) is 1. The van der Waals surface area contributed by atoms with Gasteiger partial charge in [-0.3, -0.25) is 10.1 Å². The molecule has 0 aliphatic heterocycles. The molecule has 0 bridgehead atoms. The quantitative estimate of drug-likeness (QED) is 0.510. The van der Waals surface area contributed by atoms with Gasteiger partial charge in [-0.15, -0.1) is 11.3 Å². The summed E-state index contributed by atoms with van der Waals surface area (Å²) in [5.74, 6) is 0.692. The van der Waals surface area contributed by atoms with Gasteiger partial charge in [0, 0.05) is 17.6 Å². The molecule has 0 atom stereocenters. The zero-order valence-electron chi connectivity index (χ0n) is 16.9. The van der Waals surface area contributed by atoms with Crippen molar-refractivity contribution in [1.82, 2.24) is 10.3 Å². The van der Waals surface area contributed by atoms with Crippen molar-refractivity contribution in [2.24, 2.45) is 0 Å². The highest BCUT2D eigenvalue weighted by molar-refractivity contribution is 7.14. The highest BCUT2D eigenvalue weighted by Gasteiger charge is 2.10. The summed E-state index contributed by atoms with van der Waals surface area (Å²) in [5, 5.41) is 10.6. The molecule has 0 saturated carbocycles. The Kier molecular flexibility index (Phi) is 7.40. The fourth-order valence-corrected chi connectivity index (χ4v) is 3.61. The molecule has 156 valence electrons. The molecule has 8 heteroatoms. The Morgan fingerprint density at radius 3 is 2.73 bits per heavy atom. The largest absolute Gasteiger partial charge is 0.496 e. The van der Waals surface area contributed by atoms with Gasteiger partial charge in [-0.25, -0.2) is 9.78 Å². The van der Waals surface area contributed by atoms with E-state index in [1.165, 1.54) is 11.3 Å². The molecular weight excluding hydrogens is 400 g/mol. The van der Waals surface area contributed by atoms with Crippen LogP contribution >= 0.6 is 11.3 Å². The summed E-state index contributed by atoms with van der Waals surface area (Å²) in [6, 6.07) is 14.9. The molecule has 3 aromatic rings. The molecule has 3 N–H and O–H groups in total. The van der Waals surface area contributed by atoms with Crippen LogP contribution in [0.5, 0.6) is 5.75 Å². The Hall–Kier alpha value is -3.39. The maximum atomic E-state index is 12.2. The molecule has 0 aliphatic rings. The van der Waals surface area contributed by atoms with Crippen LogP contribution in [0.3, 0.4) is 0 Å². The van der Waals surface area contributed by atoms with Crippen molar-refractivity contribution < 1.29 is 14.3 Å². The van der Waals surface area contributed by atoms with E-state index in [9.17, 15) is 9.59 Å². The third-order valence-corrected chi connectivity index (χ3v) is 5.11. The van der Waals surface area contributed by atoms with Crippen LogP contribution in [0.1, 0.15) is 16.8 Å². The first kappa shape index (κ1) is 21.3. The number of aromatic nitrogens is 1. The van der Waals surface area contributed by atoms with Gasteiger partial charge < -0.3 is 15.4 Å². The average molecular weight is 425 g/mol. The SMILES string of the molecule is COc1ccccc1CCNC(=O)Cc1csc(NC(=O)Nc2cccc(C)c2)n1. The molecule has 2 aromatic carbocycles. The number of hydrogen-bond donors (Lipinski definition) is 3. The number of anilines is 2. The van der Waals surface area contributed by atoms with Crippen molar-refractivity contribution >= 4 is 34.1 Å². The van der Waals surface area contributed by atoms with Gasteiger partial charge in [0.2, 0.25) is 5.91 Å². The van der Waals surface area contributed by atoms with Crippen molar-refractivity contribution in [3.8, 4) is 5.75 Å². The summed E-state index contributed by atoms with van der Waals surface area (Å²) in [6.07, 6.45) is 0.836. The predicted molar refractivity (Wildman–Crippen MR) is 119 cm³/mol. The summed E-state index contributed by atoms with van der Waals surface area (Å²) >= 11 is 1.28. The van der Waals surface area contributed by atoms with Crippen LogP contribution in [0.2, 0.25) is 0 Å². The lowest BCUT2D eigenvalue weighted by Gasteiger charge is -2.08. The lowest BCUT2D eigenvalue weighted by molar-refractivity contribution is -0.120. The van der Waals surface area contributed by atoms with Crippen molar-refractivity contribution in [2.45, 2.75) is 19.8 Å².